The summed E-state index contributed by atoms with van der Waals surface area (Å²) in [5.41, 5.74) is 3.80. The highest BCUT2D eigenvalue weighted by Crippen LogP contribution is 2.47. The van der Waals surface area contributed by atoms with Gasteiger partial charge in [0, 0.05) is 11.1 Å². The third-order valence-electron chi connectivity index (χ3n) is 4.42. The highest BCUT2D eigenvalue weighted by Gasteiger charge is 2.25. The van der Waals surface area contributed by atoms with Gasteiger partial charge in [-0.2, -0.15) is 0 Å². The Kier molecular flexibility index (Phi) is 5.21. The van der Waals surface area contributed by atoms with Crippen LogP contribution in [0, 0.1) is 13.8 Å². The molecular formula is C22H30O2S. The normalized spacial score (nSPS) is 12.5. The van der Waals surface area contributed by atoms with Crippen LogP contribution in [-0.2, 0) is 10.8 Å². The van der Waals surface area contributed by atoms with Crippen molar-refractivity contribution in [2.24, 2.45) is 0 Å². The Balaban J connectivity index is 2.56. The minimum atomic E-state index is -0.142. The van der Waals surface area contributed by atoms with Crippen LogP contribution in [0.1, 0.15) is 63.8 Å². The molecule has 0 aliphatic rings. The van der Waals surface area contributed by atoms with Crippen LogP contribution in [0.4, 0.5) is 0 Å². The number of phenolic OH excluding ortho intramolecular Hbond substituents is 2. The van der Waals surface area contributed by atoms with E-state index >= 15 is 0 Å². The fourth-order valence-corrected chi connectivity index (χ4v) is 4.43. The van der Waals surface area contributed by atoms with Crippen molar-refractivity contribution in [2.75, 3.05) is 0 Å². The molecule has 0 amide bonds. The fourth-order valence-electron chi connectivity index (χ4n) is 3.52. The molecule has 0 saturated carbocycles. The SMILES string of the molecule is Cc1ccc(Sc2ccc(C)c(C(C)(C)C)c2O)c(O)c1C(C)(C)C. The zero-order valence-electron chi connectivity index (χ0n) is 16.6. The summed E-state index contributed by atoms with van der Waals surface area (Å²) in [5.74, 6) is 0.629. The minimum absolute atomic E-state index is 0.142. The summed E-state index contributed by atoms with van der Waals surface area (Å²) < 4.78 is 0. The number of aromatic hydroxyl groups is 2. The summed E-state index contributed by atoms with van der Waals surface area (Å²) >= 11 is 1.42. The Hall–Kier alpha value is -1.61. The molecule has 0 aliphatic carbocycles. The standard InChI is InChI=1S/C22H30O2S/c1-13-9-11-15(19(23)17(13)21(3,4)5)25-16-12-10-14(2)18(20(16)24)22(6,7)8/h9-12,23-24H,1-8H3. The van der Waals surface area contributed by atoms with Gasteiger partial charge in [-0.3, -0.25) is 0 Å². The van der Waals surface area contributed by atoms with Gasteiger partial charge in [0.15, 0.2) is 0 Å². The van der Waals surface area contributed by atoms with E-state index in [1.54, 1.807) is 0 Å². The molecule has 136 valence electrons. The molecule has 25 heavy (non-hydrogen) atoms. The lowest BCUT2D eigenvalue weighted by atomic mass is 9.83. The van der Waals surface area contributed by atoms with Gasteiger partial charge < -0.3 is 10.2 Å². The first-order valence-electron chi connectivity index (χ1n) is 8.68. The van der Waals surface area contributed by atoms with Gasteiger partial charge in [-0.15, -0.1) is 0 Å². The average molecular weight is 359 g/mol. The third kappa shape index (κ3) is 3.98. The second-order valence-electron chi connectivity index (χ2n) is 8.81. The van der Waals surface area contributed by atoms with Crippen molar-refractivity contribution < 1.29 is 10.2 Å². The summed E-state index contributed by atoms with van der Waals surface area (Å²) in [6.07, 6.45) is 0. The van der Waals surface area contributed by atoms with Crippen LogP contribution in [0.15, 0.2) is 34.1 Å². The van der Waals surface area contributed by atoms with E-state index in [0.717, 1.165) is 32.0 Å². The van der Waals surface area contributed by atoms with E-state index in [9.17, 15) is 10.2 Å². The molecule has 0 bridgehead atoms. The maximum atomic E-state index is 10.8. The molecule has 2 nitrogen and oxygen atoms in total. The molecule has 0 aromatic heterocycles. The van der Waals surface area contributed by atoms with Gasteiger partial charge in [-0.1, -0.05) is 65.4 Å². The van der Waals surface area contributed by atoms with Crippen LogP contribution in [0.2, 0.25) is 0 Å². The highest BCUT2D eigenvalue weighted by atomic mass is 32.2. The Morgan fingerprint density at radius 3 is 1.24 bits per heavy atom. The van der Waals surface area contributed by atoms with Crippen molar-refractivity contribution in [1.82, 2.24) is 0 Å². The van der Waals surface area contributed by atoms with Crippen molar-refractivity contribution in [1.29, 1.82) is 0 Å². The molecule has 0 atom stereocenters. The second kappa shape index (κ2) is 6.60. The number of rotatable bonds is 2. The van der Waals surface area contributed by atoms with Gasteiger partial charge in [0.1, 0.15) is 11.5 Å². The summed E-state index contributed by atoms with van der Waals surface area (Å²) in [5, 5.41) is 21.7. The Morgan fingerprint density at radius 1 is 0.640 bits per heavy atom. The van der Waals surface area contributed by atoms with Crippen molar-refractivity contribution in [3.05, 3.63) is 46.5 Å². The summed E-state index contributed by atoms with van der Waals surface area (Å²) in [6.45, 7) is 16.7. The molecule has 0 unspecified atom stereocenters. The van der Waals surface area contributed by atoms with E-state index in [1.165, 1.54) is 11.8 Å². The lowest BCUT2D eigenvalue weighted by molar-refractivity contribution is 0.431. The first-order chi connectivity index (χ1) is 11.3. The molecule has 2 N–H and O–H groups in total. The number of hydrogen-bond acceptors (Lipinski definition) is 3. The van der Waals surface area contributed by atoms with Crippen molar-refractivity contribution in [2.45, 2.75) is 76.0 Å². The van der Waals surface area contributed by atoms with Gasteiger partial charge in [0.25, 0.3) is 0 Å². The third-order valence-corrected chi connectivity index (χ3v) is 5.52. The van der Waals surface area contributed by atoms with Gasteiger partial charge in [0.05, 0.1) is 9.79 Å². The van der Waals surface area contributed by atoms with E-state index in [2.05, 4.69) is 41.5 Å². The average Bonchev–Trinajstić information content (AvgIpc) is 2.41. The van der Waals surface area contributed by atoms with E-state index in [4.69, 9.17) is 0 Å². The molecule has 0 fully saturated rings. The molecule has 3 heteroatoms. The van der Waals surface area contributed by atoms with Crippen molar-refractivity contribution in [3.8, 4) is 11.5 Å². The van der Waals surface area contributed by atoms with Crippen LogP contribution >= 0.6 is 11.8 Å². The van der Waals surface area contributed by atoms with Crippen LogP contribution in [0.5, 0.6) is 11.5 Å². The zero-order chi connectivity index (χ0) is 19.2. The molecule has 0 heterocycles. The Morgan fingerprint density at radius 2 is 0.960 bits per heavy atom. The number of phenols is 2. The first-order valence-corrected chi connectivity index (χ1v) is 9.49. The smallest absolute Gasteiger partial charge is 0.133 e. The Labute approximate surface area is 156 Å². The topological polar surface area (TPSA) is 40.5 Å². The number of benzene rings is 2. The van der Waals surface area contributed by atoms with E-state index in [1.807, 2.05) is 38.1 Å². The highest BCUT2D eigenvalue weighted by molar-refractivity contribution is 7.99. The fraction of sp³-hybridized carbons (Fsp3) is 0.455. The molecule has 2 rings (SSSR count). The quantitative estimate of drug-likeness (QED) is 0.647. The lowest BCUT2D eigenvalue weighted by Gasteiger charge is -2.26. The van der Waals surface area contributed by atoms with Gasteiger partial charge >= 0.3 is 0 Å². The van der Waals surface area contributed by atoms with Gasteiger partial charge in [-0.05, 0) is 47.9 Å². The summed E-state index contributed by atoms with van der Waals surface area (Å²) in [7, 11) is 0. The van der Waals surface area contributed by atoms with E-state index < -0.39 is 0 Å². The van der Waals surface area contributed by atoms with Crippen molar-refractivity contribution >= 4 is 11.8 Å². The van der Waals surface area contributed by atoms with Crippen LogP contribution < -0.4 is 0 Å². The molecule has 0 aliphatic heterocycles. The zero-order valence-corrected chi connectivity index (χ0v) is 17.4. The number of aryl methyl sites for hydroxylation is 2. The molecule has 2 aromatic carbocycles. The minimum Gasteiger partial charge on any atom is -0.506 e. The molecule has 0 spiro atoms. The molecule has 2 aromatic rings. The van der Waals surface area contributed by atoms with Crippen LogP contribution in [-0.4, -0.2) is 10.2 Å². The van der Waals surface area contributed by atoms with Gasteiger partial charge in [-0.25, -0.2) is 0 Å². The maximum absolute atomic E-state index is 10.8. The Bertz CT molecular complexity index is 726. The predicted molar refractivity (Wildman–Crippen MR) is 107 cm³/mol. The molecule has 0 saturated heterocycles. The second-order valence-corrected chi connectivity index (χ2v) is 9.89. The van der Waals surface area contributed by atoms with Crippen LogP contribution in [0.25, 0.3) is 0 Å². The molecule has 0 radical (unpaired) electrons. The first kappa shape index (κ1) is 19.7. The van der Waals surface area contributed by atoms with Gasteiger partial charge in [0.2, 0.25) is 0 Å². The van der Waals surface area contributed by atoms with Crippen LogP contribution in [0.3, 0.4) is 0 Å². The summed E-state index contributed by atoms with van der Waals surface area (Å²) in [4.78, 5) is 1.55. The number of hydrogen-bond donors (Lipinski definition) is 2. The largest absolute Gasteiger partial charge is 0.506 e. The molecular weight excluding hydrogens is 328 g/mol. The predicted octanol–water partition coefficient (Wildman–Crippen LogP) is 6.46. The lowest BCUT2D eigenvalue weighted by Crippen LogP contribution is -2.14. The van der Waals surface area contributed by atoms with E-state index in [0.29, 0.717) is 11.5 Å². The monoisotopic (exact) mass is 358 g/mol. The summed E-state index contributed by atoms with van der Waals surface area (Å²) in [6, 6.07) is 7.94. The maximum Gasteiger partial charge on any atom is 0.133 e. The van der Waals surface area contributed by atoms with Crippen molar-refractivity contribution in [3.63, 3.8) is 0 Å². The van der Waals surface area contributed by atoms with E-state index in [-0.39, 0.29) is 10.8 Å².